The minimum absolute atomic E-state index is 0.0698. The Balaban J connectivity index is 1.50. The van der Waals surface area contributed by atoms with Crippen LogP contribution in [0.5, 0.6) is 0 Å². The number of amides is 1. The number of likely N-dealkylation sites (tertiary alicyclic amines) is 1. The minimum Gasteiger partial charge on any atom is -0.372 e. The second kappa shape index (κ2) is 11.0. The number of rotatable bonds is 8. The molecule has 1 aliphatic rings. The average Bonchev–Trinajstić information content (AvgIpc) is 3.02. The Labute approximate surface area is 168 Å². The van der Waals surface area contributed by atoms with Crippen LogP contribution in [0, 0.1) is 0 Å². The maximum atomic E-state index is 12.7. The van der Waals surface area contributed by atoms with Gasteiger partial charge in [-0.1, -0.05) is 67.4 Å². The second-order valence-corrected chi connectivity index (χ2v) is 7.59. The van der Waals surface area contributed by atoms with E-state index in [0.29, 0.717) is 19.8 Å². The van der Waals surface area contributed by atoms with Crippen molar-refractivity contribution in [2.45, 2.75) is 58.4 Å². The van der Waals surface area contributed by atoms with Crippen LogP contribution in [0.15, 0.2) is 54.6 Å². The molecule has 0 radical (unpaired) electrons. The van der Waals surface area contributed by atoms with E-state index in [1.165, 1.54) is 31.2 Å². The summed E-state index contributed by atoms with van der Waals surface area (Å²) in [6.07, 6.45) is 4.95. The molecular formula is C24H32N2O2. The van der Waals surface area contributed by atoms with E-state index in [9.17, 15) is 4.79 Å². The number of hydrogen-bond acceptors (Lipinski definition) is 3. The molecule has 4 nitrogen and oxygen atoms in total. The molecule has 4 heteroatoms. The van der Waals surface area contributed by atoms with E-state index in [1.54, 1.807) is 0 Å². The molecule has 1 atom stereocenters. The zero-order valence-corrected chi connectivity index (χ0v) is 16.9. The molecular weight excluding hydrogens is 348 g/mol. The van der Waals surface area contributed by atoms with E-state index in [0.717, 1.165) is 24.2 Å². The monoisotopic (exact) mass is 380 g/mol. The first kappa shape index (κ1) is 20.6. The number of ether oxygens (including phenoxy) is 1. The molecule has 2 aromatic rings. The summed E-state index contributed by atoms with van der Waals surface area (Å²) in [5, 5.41) is 3.13. The van der Waals surface area contributed by atoms with Gasteiger partial charge >= 0.3 is 0 Å². The first-order valence-electron chi connectivity index (χ1n) is 10.4. The maximum Gasteiger partial charge on any atom is 0.237 e. The number of nitrogens with one attached hydrogen (secondary N) is 1. The summed E-state index contributed by atoms with van der Waals surface area (Å²) in [6.45, 7) is 5.75. The van der Waals surface area contributed by atoms with Crippen molar-refractivity contribution in [2.75, 3.05) is 13.1 Å². The summed E-state index contributed by atoms with van der Waals surface area (Å²) < 4.78 is 5.89. The zero-order valence-electron chi connectivity index (χ0n) is 16.9. The van der Waals surface area contributed by atoms with Gasteiger partial charge in [0.1, 0.15) is 0 Å². The van der Waals surface area contributed by atoms with Crippen molar-refractivity contribution in [3.05, 3.63) is 71.3 Å². The lowest BCUT2D eigenvalue weighted by molar-refractivity contribution is -0.126. The highest BCUT2D eigenvalue weighted by Crippen LogP contribution is 2.14. The lowest BCUT2D eigenvalue weighted by Gasteiger charge is -2.26. The van der Waals surface area contributed by atoms with Crippen molar-refractivity contribution in [3.63, 3.8) is 0 Å². The van der Waals surface area contributed by atoms with E-state index in [4.69, 9.17) is 4.74 Å². The normalized spacial score (nSPS) is 16.3. The van der Waals surface area contributed by atoms with Gasteiger partial charge in [-0.3, -0.25) is 9.69 Å². The Morgan fingerprint density at radius 2 is 1.57 bits per heavy atom. The number of carbonyl (C=O) groups is 1. The van der Waals surface area contributed by atoms with E-state index in [2.05, 4.69) is 34.5 Å². The molecule has 1 fully saturated rings. The molecule has 0 bridgehead atoms. The summed E-state index contributed by atoms with van der Waals surface area (Å²) >= 11 is 0. The van der Waals surface area contributed by atoms with Crippen LogP contribution in [0.3, 0.4) is 0 Å². The lowest BCUT2D eigenvalue weighted by Crippen LogP contribution is -2.45. The van der Waals surface area contributed by atoms with Crippen molar-refractivity contribution in [2.24, 2.45) is 0 Å². The highest BCUT2D eigenvalue weighted by atomic mass is 16.5. The molecule has 2 aromatic carbocycles. The van der Waals surface area contributed by atoms with Gasteiger partial charge in [-0.25, -0.2) is 0 Å². The van der Waals surface area contributed by atoms with Crippen molar-refractivity contribution < 1.29 is 9.53 Å². The molecule has 1 aliphatic heterocycles. The van der Waals surface area contributed by atoms with E-state index < -0.39 is 0 Å². The predicted octanol–water partition coefficient (Wildman–Crippen LogP) is 4.28. The zero-order chi connectivity index (χ0) is 19.6. The third-order valence-corrected chi connectivity index (χ3v) is 5.51. The molecule has 0 aromatic heterocycles. The average molecular weight is 381 g/mol. The van der Waals surface area contributed by atoms with Crippen LogP contribution in [-0.4, -0.2) is 29.9 Å². The number of benzene rings is 2. The molecule has 0 aliphatic carbocycles. The Morgan fingerprint density at radius 3 is 2.29 bits per heavy atom. The number of carbonyl (C=O) groups excluding carboxylic acids is 1. The van der Waals surface area contributed by atoms with Gasteiger partial charge in [0.25, 0.3) is 0 Å². The van der Waals surface area contributed by atoms with Crippen LogP contribution in [0.4, 0.5) is 0 Å². The fourth-order valence-electron chi connectivity index (χ4n) is 3.70. The largest absolute Gasteiger partial charge is 0.372 e. The standard InChI is InChI=1S/C24H32N2O2/c1-20(26-15-9-2-3-10-16-26)24(27)25-17-22-13-7-8-14-23(22)19-28-18-21-11-5-4-6-12-21/h4-8,11-14,20H,2-3,9-10,15-19H2,1H3,(H,25,27). The van der Waals surface area contributed by atoms with Crippen molar-refractivity contribution in [3.8, 4) is 0 Å². The van der Waals surface area contributed by atoms with Gasteiger partial charge in [-0.05, 0) is 49.5 Å². The highest BCUT2D eigenvalue weighted by Gasteiger charge is 2.21. The summed E-state index contributed by atoms with van der Waals surface area (Å²) in [5.41, 5.74) is 3.41. The molecule has 0 saturated carbocycles. The van der Waals surface area contributed by atoms with Gasteiger partial charge in [0.2, 0.25) is 5.91 Å². The SMILES string of the molecule is CC(C(=O)NCc1ccccc1COCc1ccccc1)N1CCCCCC1. The summed E-state index contributed by atoms with van der Waals surface area (Å²) in [7, 11) is 0. The quantitative estimate of drug-likeness (QED) is 0.743. The molecule has 150 valence electrons. The van der Waals surface area contributed by atoms with Gasteiger partial charge in [-0.15, -0.1) is 0 Å². The van der Waals surface area contributed by atoms with Crippen LogP contribution in [0.2, 0.25) is 0 Å². The number of hydrogen-bond donors (Lipinski definition) is 1. The van der Waals surface area contributed by atoms with Gasteiger partial charge in [0.15, 0.2) is 0 Å². The van der Waals surface area contributed by atoms with Crippen LogP contribution in [-0.2, 0) is 29.3 Å². The van der Waals surface area contributed by atoms with Crippen LogP contribution >= 0.6 is 0 Å². The summed E-state index contributed by atoms with van der Waals surface area (Å²) in [5.74, 6) is 0.113. The Kier molecular flexibility index (Phi) is 8.07. The molecule has 1 heterocycles. The smallest absolute Gasteiger partial charge is 0.237 e. The first-order valence-corrected chi connectivity index (χ1v) is 10.4. The third kappa shape index (κ3) is 6.18. The third-order valence-electron chi connectivity index (χ3n) is 5.51. The first-order chi connectivity index (χ1) is 13.7. The van der Waals surface area contributed by atoms with Crippen LogP contribution in [0.25, 0.3) is 0 Å². The van der Waals surface area contributed by atoms with Gasteiger partial charge in [-0.2, -0.15) is 0 Å². The van der Waals surface area contributed by atoms with Gasteiger partial charge in [0, 0.05) is 6.54 Å². The topological polar surface area (TPSA) is 41.6 Å². The Hall–Kier alpha value is -2.17. The Bertz CT molecular complexity index is 724. The van der Waals surface area contributed by atoms with E-state index in [-0.39, 0.29) is 11.9 Å². The summed E-state index contributed by atoms with van der Waals surface area (Å²) in [4.78, 5) is 15.0. The fraction of sp³-hybridized carbons (Fsp3) is 0.458. The fourth-order valence-corrected chi connectivity index (χ4v) is 3.70. The molecule has 28 heavy (non-hydrogen) atoms. The predicted molar refractivity (Wildman–Crippen MR) is 113 cm³/mol. The van der Waals surface area contributed by atoms with Gasteiger partial charge in [0.05, 0.1) is 19.3 Å². The highest BCUT2D eigenvalue weighted by molar-refractivity contribution is 5.81. The molecule has 1 amide bonds. The van der Waals surface area contributed by atoms with E-state index in [1.807, 2.05) is 37.3 Å². The molecule has 0 spiro atoms. The molecule has 1 N–H and O–H groups in total. The van der Waals surface area contributed by atoms with Crippen molar-refractivity contribution >= 4 is 5.91 Å². The number of nitrogens with zero attached hydrogens (tertiary/aromatic N) is 1. The molecule has 1 saturated heterocycles. The molecule has 1 unspecified atom stereocenters. The maximum absolute atomic E-state index is 12.7. The Morgan fingerprint density at radius 1 is 0.929 bits per heavy atom. The van der Waals surface area contributed by atoms with Gasteiger partial charge < -0.3 is 10.1 Å². The second-order valence-electron chi connectivity index (χ2n) is 7.59. The van der Waals surface area contributed by atoms with E-state index >= 15 is 0 Å². The van der Waals surface area contributed by atoms with Crippen LogP contribution in [0.1, 0.15) is 49.3 Å². The van der Waals surface area contributed by atoms with Crippen LogP contribution < -0.4 is 5.32 Å². The van der Waals surface area contributed by atoms with Crippen molar-refractivity contribution in [1.82, 2.24) is 10.2 Å². The lowest BCUT2D eigenvalue weighted by atomic mass is 10.1. The minimum atomic E-state index is -0.0698. The summed E-state index contributed by atoms with van der Waals surface area (Å²) in [6, 6.07) is 18.3. The molecule has 3 rings (SSSR count). The van der Waals surface area contributed by atoms with Crippen molar-refractivity contribution in [1.29, 1.82) is 0 Å².